The zero-order chi connectivity index (χ0) is 19.6. The number of benzene rings is 1. The SMILES string of the molecule is COc1ccc(Cl)cc1S(=O)(=O)N1CCCC(Oc2nc(C)cc(C)n2)C1. The summed E-state index contributed by atoms with van der Waals surface area (Å²) in [6, 6.07) is 6.69. The summed E-state index contributed by atoms with van der Waals surface area (Å²) in [5.74, 6) is 0.264. The van der Waals surface area contributed by atoms with Crippen molar-refractivity contribution in [2.75, 3.05) is 20.2 Å². The van der Waals surface area contributed by atoms with Gasteiger partial charge in [0.25, 0.3) is 0 Å². The maximum atomic E-state index is 13.1. The average Bonchev–Trinajstić information content (AvgIpc) is 2.61. The van der Waals surface area contributed by atoms with Gasteiger partial charge in [0.1, 0.15) is 16.7 Å². The molecule has 1 aromatic carbocycles. The van der Waals surface area contributed by atoms with E-state index in [0.717, 1.165) is 17.8 Å². The number of halogens is 1. The predicted octanol–water partition coefficient (Wildman–Crippen LogP) is 2.99. The van der Waals surface area contributed by atoms with Crippen LogP contribution in [0.4, 0.5) is 0 Å². The molecule has 9 heteroatoms. The van der Waals surface area contributed by atoms with Crippen molar-refractivity contribution in [1.82, 2.24) is 14.3 Å². The number of sulfonamides is 1. The first-order chi connectivity index (χ1) is 12.8. The second kappa shape index (κ2) is 8.00. The maximum Gasteiger partial charge on any atom is 0.317 e. The summed E-state index contributed by atoms with van der Waals surface area (Å²) in [4.78, 5) is 8.60. The average molecular weight is 412 g/mol. The van der Waals surface area contributed by atoms with Crippen LogP contribution >= 0.6 is 11.6 Å². The molecule has 0 amide bonds. The molecule has 0 aliphatic carbocycles. The molecule has 0 radical (unpaired) electrons. The van der Waals surface area contributed by atoms with Gasteiger partial charge in [0.05, 0.1) is 13.7 Å². The highest BCUT2D eigenvalue weighted by molar-refractivity contribution is 7.89. The number of hydrogen-bond donors (Lipinski definition) is 0. The summed E-state index contributed by atoms with van der Waals surface area (Å²) < 4.78 is 38.7. The van der Waals surface area contributed by atoms with E-state index in [1.807, 2.05) is 19.9 Å². The van der Waals surface area contributed by atoms with Crippen molar-refractivity contribution in [2.24, 2.45) is 0 Å². The van der Waals surface area contributed by atoms with E-state index >= 15 is 0 Å². The molecule has 7 nitrogen and oxygen atoms in total. The first-order valence-corrected chi connectivity index (χ1v) is 10.4. The van der Waals surface area contributed by atoms with Gasteiger partial charge in [-0.05, 0) is 51.0 Å². The Balaban J connectivity index is 1.82. The standard InChI is InChI=1S/C18H22ClN3O4S/c1-12-9-13(2)21-18(20-12)26-15-5-4-8-22(11-15)27(23,24)17-10-14(19)6-7-16(17)25-3/h6-7,9-10,15H,4-5,8,11H2,1-3H3. The molecule has 27 heavy (non-hydrogen) atoms. The van der Waals surface area contributed by atoms with E-state index in [1.54, 1.807) is 12.1 Å². The Morgan fingerprint density at radius 3 is 2.56 bits per heavy atom. The lowest BCUT2D eigenvalue weighted by Crippen LogP contribution is -2.44. The van der Waals surface area contributed by atoms with Gasteiger partial charge in [0.2, 0.25) is 10.0 Å². The Hall–Kier alpha value is -1.90. The van der Waals surface area contributed by atoms with Crippen molar-refractivity contribution in [2.45, 2.75) is 37.7 Å². The number of aromatic nitrogens is 2. The first-order valence-electron chi connectivity index (χ1n) is 8.62. The fraction of sp³-hybridized carbons (Fsp3) is 0.444. The highest BCUT2D eigenvalue weighted by atomic mass is 35.5. The van der Waals surface area contributed by atoms with Crippen LogP contribution in [0.2, 0.25) is 5.02 Å². The van der Waals surface area contributed by atoms with Gasteiger partial charge in [0, 0.05) is 23.0 Å². The summed E-state index contributed by atoms with van der Waals surface area (Å²) in [5, 5.41) is 0.336. The summed E-state index contributed by atoms with van der Waals surface area (Å²) in [6.07, 6.45) is 1.09. The number of rotatable bonds is 5. The molecule has 1 fully saturated rings. The van der Waals surface area contributed by atoms with Crippen LogP contribution in [-0.2, 0) is 10.0 Å². The summed E-state index contributed by atoms with van der Waals surface area (Å²) >= 11 is 6.00. The zero-order valence-corrected chi connectivity index (χ0v) is 17.0. The molecule has 1 atom stereocenters. The predicted molar refractivity (Wildman–Crippen MR) is 102 cm³/mol. The number of methoxy groups -OCH3 is 1. The van der Waals surface area contributed by atoms with Gasteiger partial charge in [0.15, 0.2) is 0 Å². The Labute approximate surface area is 164 Å². The fourth-order valence-corrected chi connectivity index (χ4v) is 5.03. The van der Waals surface area contributed by atoms with Crippen LogP contribution in [0.5, 0.6) is 11.8 Å². The minimum absolute atomic E-state index is 0.0563. The number of aryl methyl sites for hydroxylation is 2. The second-order valence-corrected chi connectivity index (χ2v) is 8.82. The van der Waals surface area contributed by atoms with Gasteiger partial charge < -0.3 is 9.47 Å². The van der Waals surface area contributed by atoms with Crippen LogP contribution in [0.1, 0.15) is 24.2 Å². The van der Waals surface area contributed by atoms with Crippen LogP contribution in [0.15, 0.2) is 29.2 Å². The quantitative estimate of drug-likeness (QED) is 0.752. The Morgan fingerprint density at radius 2 is 1.89 bits per heavy atom. The molecule has 0 saturated carbocycles. The maximum absolute atomic E-state index is 13.1. The van der Waals surface area contributed by atoms with Crippen LogP contribution in [0.25, 0.3) is 0 Å². The lowest BCUT2D eigenvalue weighted by molar-refractivity contribution is 0.118. The molecule has 1 aliphatic rings. The Morgan fingerprint density at radius 1 is 1.19 bits per heavy atom. The van der Waals surface area contributed by atoms with Crippen molar-refractivity contribution in [3.63, 3.8) is 0 Å². The van der Waals surface area contributed by atoms with Gasteiger partial charge in [-0.15, -0.1) is 0 Å². The Kier molecular flexibility index (Phi) is 5.88. The van der Waals surface area contributed by atoms with E-state index in [4.69, 9.17) is 21.1 Å². The van der Waals surface area contributed by atoms with Gasteiger partial charge in [-0.2, -0.15) is 4.31 Å². The highest BCUT2D eigenvalue weighted by Crippen LogP contribution is 2.31. The molecular formula is C18H22ClN3O4S. The third-order valence-electron chi connectivity index (χ3n) is 4.32. The van der Waals surface area contributed by atoms with Gasteiger partial charge >= 0.3 is 6.01 Å². The molecule has 2 heterocycles. The molecule has 1 saturated heterocycles. The van der Waals surface area contributed by atoms with E-state index in [9.17, 15) is 8.42 Å². The topological polar surface area (TPSA) is 81.6 Å². The number of ether oxygens (including phenoxy) is 2. The lowest BCUT2D eigenvalue weighted by atomic mass is 10.1. The molecule has 146 valence electrons. The molecule has 0 bridgehead atoms. The molecule has 2 aromatic rings. The third kappa shape index (κ3) is 4.51. The van der Waals surface area contributed by atoms with E-state index in [-0.39, 0.29) is 29.3 Å². The molecule has 1 aliphatic heterocycles. The van der Waals surface area contributed by atoms with Gasteiger partial charge in [-0.25, -0.2) is 18.4 Å². The molecule has 1 unspecified atom stereocenters. The minimum Gasteiger partial charge on any atom is -0.495 e. The molecule has 1 aromatic heterocycles. The zero-order valence-electron chi connectivity index (χ0n) is 15.5. The van der Waals surface area contributed by atoms with Crippen molar-refractivity contribution >= 4 is 21.6 Å². The van der Waals surface area contributed by atoms with Crippen molar-refractivity contribution in [3.8, 4) is 11.8 Å². The van der Waals surface area contributed by atoms with Crippen molar-refractivity contribution in [3.05, 3.63) is 40.7 Å². The van der Waals surface area contributed by atoms with E-state index < -0.39 is 10.0 Å². The minimum atomic E-state index is -3.77. The molecule has 0 spiro atoms. The fourth-order valence-electron chi connectivity index (χ4n) is 3.11. The van der Waals surface area contributed by atoms with Gasteiger partial charge in [-0.1, -0.05) is 11.6 Å². The van der Waals surface area contributed by atoms with Crippen LogP contribution in [0.3, 0.4) is 0 Å². The largest absolute Gasteiger partial charge is 0.495 e. The molecule has 3 rings (SSSR count). The van der Waals surface area contributed by atoms with E-state index in [0.29, 0.717) is 18.0 Å². The van der Waals surface area contributed by atoms with Gasteiger partial charge in [-0.3, -0.25) is 0 Å². The molecular weight excluding hydrogens is 390 g/mol. The van der Waals surface area contributed by atoms with E-state index in [1.165, 1.54) is 17.5 Å². The normalized spacial score (nSPS) is 18.3. The Bertz CT molecular complexity index is 916. The lowest BCUT2D eigenvalue weighted by Gasteiger charge is -2.31. The third-order valence-corrected chi connectivity index (χ3v) is 6.44. The monoisotopic (exact) mass is 411 g/mol. The second-order valence-electron chi connectivity index (χ2n) is 6.47. The van der Waals surface area contributed by atoms with E-state index in [2.05, 4.69) is 9.97 Å². The summed E-state index contributed by atoms with van der Waals surface area (Å²) in [6.45, 7) is 4.36. The highest BCUT2D eigenvalue weighted by Gasteiger charge is 2.33. The summed E-state index contributed by atoms with van der Waals surface area (Å²) in [7, 11) is -2.33. The van der Waals surface area contributed by atoms with Crippen LogP contribution < -0.4 is 9.47 Å². The number of nitrogens with zero attached hydrogens (tertiary/aromatic N) is 3. The summed E-state index contributed by atoms with van der Waals surface area (Å²) in [5.41, 5.74) is 1.61. The van der Waals surface area contributed by atoms with Crippen molar-refractivity contribution in [1.29, 1.82) is 0 Å². The number of hydrogen-bond acceptors (Lipinski definition) is 6. The smallest absolute Gasteiger partial charge is 0.317 e. The van der Waals surface area contributed by atoms with Crippen LogP contribution in [0, 0.1) is 13.8 Å². The first kappa shape index (κ1) is 19.9. The van der Waals surface area contributed by atoms with Crippen molar-refractivity contribution < 1.29 is 17.9 Å². The molecule has 0 N–H and O–H groups in total. The van der Waals surface area contributed by atoms with Crippen LogP contribution in [-0.4, -0.2) is 49.0 Å². The number of piperidine rings is 1.